The molecule has 0 aromatic carbocycles. The molecule has 0 fully saturated rings. The van der Waals surface area contributed by atoms with Crippen molar-refractivity contribution in [3.63, 3.8) is 0 Å². The molecule has 0 unspecified atom stereocenters. The number of carbonyl (C=O) groups is 1. The first-order valence-corrected chi connectivity index (χ1v) is 6.93. The summed E-state index contributed by atoms with van der Waals surface area (Å²) in [6, 6.07) is 0.324. The van der Waals surface area contributed by atoms with Gasteiger partial charge in [0.15, 0.2) is 5.13 Å². The third kappa shape index (κ3) is 3.11. The predicted octanol–water partition coefficient (Wildman–Crippen LogP) is 1.89. The van der Waals surface area contributed by atoms with Gasteiger partial charge in [0.1, 0.15) is 11.5 Å². The average molecular weight is 279 g/mol. The van der Waals surface area contributed by atoms with E-state index in [1.54, 1.807) is 18.6 Å². The molecule has 2 N–H and O–H groups in total. The van der Waals surface area contributed by atoms with E-state index in [4.69, 9.17) is 0 Å². The molecule has 102 valence electrons. The summed E-state index contributed by atoms with van der Waals surface area (Å²) in [6.07, 6.45) is 3.65. The molecule has 0 saturated heterocycles. The van der Waals surface area contributed by atoms with Gasteiger partial charge in [0.05, 0.1) is 6.54 Å². The molecule has 7 heteroatoms. The lowest BCUT2D eigenvalue weighted by atomic mass is 10.3. The van der Waals surface area contributed by atoms with E-state index in [0.29, 0.717) is 18.3 Å². The second kappa shape index (κ2) is 5.83. The van der Waals surface area contributed by atoms with E-state index in [2.05, 4.69) is 34.4 Å². The lowest BCUT2D eigenvalue weighted by Gasteiger charge is -2.11. The van der Waals surface area contributed by atoms with Crippen molar-refractivity contribution in [2.45, 2.75) is 26.4 Å². The van der Waals surface area contributed by atoms with E-state index in [1.165, 1.54) is 11.3 Å². The SMILES string of the molecule is CNc1nc(C(=O)NCc2nccn2C(C)C)cs1. The fraction of sp³-hybridized carbons (Fsp3) is 0.417. The second-order valence-corrected chi connectivity index (χ2v) is 5.17. The summed E-state index contributed by atoms with van der Waals surface area (Å²) >= 11 is 1.41. The van der Waals surface area contributed by atoms with Crippen molar-refractivity contribution >= 4 is 22.4 Å². The number of nitrogens with zero attached hydrogens (tertiary/aromatic N) is 3. The molecule has 0 aliphatic carbocycles. The van der Waals surface area contributed by atoms with E-state index in [-0.39, 0.29) is 5.91 Å². The molecule has 0 aliphatic rings. The maximum absolute atomic E-state index is 11.9. The van der Waals surface area contributed by atoms with Crippen molar-refractivity contribution in [3.8, 4) is 0 Å². The number of aromatic nitrogens is 3. The number of nitrogens with one attached hydrogen (secondary N) is 2. The van der Waals surface area contributed by atoms with Crippen molar-refractivity contribution in [2.24, 2.45) is 0 Å². The molecular formula is C12H17N5OS. The predicted molar refractivity (Wildman–Crippen MR) is 75.4 cm³/mol. The van der Waals surface area contributed by atoms with Crippen LogP contribution in [0.1, 0.15) is 36.2 Å². The molecular weight excluding hydrogens is 262 g/mol. The van der Waals surface area contributed by atoms with Crippen molar-refractivity contribution in [1.29, 1.82) is 0 Å². The minimum atomic E-state index is -0.184. The van der Waals surface area contributed by atoms with Gasteiger partial charge >= 0.3 is 0 Å². The Morgan fingerprint density at radius 2 is 2.32 bits per heavy atom. The van der Waals surface area contributed by atoms with Gasteiger partial charge in [-0.25, -0.2) is 9.97 Å². The largest absolute Gasteiger partial charge is 0.365 e. The number of imidazole rings is 1. The van der Waals surface area contributed by atoms with Gasteiger partial charge in [0.2, 0.25) is 0 Å². The Labute approximate surface area is 115 Å². The number of anilines is 1. The van der Waals surface area contributed by atoms with Crippen LogP contribution in [0.2, 0.25) is 0 Å². The number of carbonyl (C=O) groups excluding carboxylic acids is 1. The van der Waals surface area contributed by atoms with E-state index < -0.39 is 0 Å². The molecule has 0 spiro atoms. The Kier molecular flexibility index (Phi) is 4.16. The van der Waals surface area contributed by atoms with Crippen LogP contribution in [0.4, 0.5) is 5.13 Å². The van der Waals surface area contributed by atoms with Crippen LogP contribution in [0, 0.1) is 0 Å². The molecule has 6 nitrogen and oxygen atoms in total. The number of thiazole rings is 1. The Bertz CT molecular complexity index is 560. The zero-order valence-corrected chi connectivity index (χ0v) is 12.0. The van der Waals surface area contributed by atoms with Gasteiger partial charge in [-0.15, -0.1) is 11.3 Å². The first-order chi connectivity index (χ1) is 9.11. The van der Waals surface area contributed by atoms with Crippen LogP contribution in [0.3, 0.4) is 0 Å². The number of rotatable bonds is 5. The molecule has 0 aliphatic heterocycles. The Hall–Kier alpha value is -1.89. The highest BCUT2D eigenvalue weighted by Gasteiger charge is 2.12. The summed E-state index contributed by atoms with van der Waals surface area (Å²) in [5, 5.41) is 8.20. The molecule has 2 rings (SSSR count). The van der Waals surface area contributed by atoms with Crippen LogP contribution in [0.5, 0.6) is 0 Å². The highest BCUT2D eigenvalue weighted by atomic mass is 32.1. The van der Waals surface area contributed by atoms with Gasteiger partial charge in [-0.05, 0) is 13.8 Å². The molecule has 2 aromatic heterocycles. The minimum Gasteiger partial charge on any atom is -0.365 e. The molecule has 19 heavy (non-hydrogen) atoms. The summed E-state index contributed by atoms with van der Waals surface area (Å²) in [6.45, 7) is 4.55. The van der Waals surface area contributed by atoms with Crippen LogP contribution in [0.15, 0.2) is 17.8 Å². The van der Waals surface area contributed by atoms with Crippen molar-refractivity contribution < 1.29 is 4.79 Å². The van der Waals surface area contributed by atoms with E-state index >= 15 is 0 Å². The standard InChI is InChI=1S/C12H17N5OS/c1-8(2)17-5-4-14-10(17)6-15-11(18)9-7-19-12(13-3)16-9/h4-5,7-8H,6H2,1-3H3,(H,13,16)(H,15,18). The lowest BCUT2D eigenvalue weighted by molar-refractivity contribution is 0.0945. The minimum absolute atomic E-state index is 0.184. The fourth-order valence-electron chi connectivity index (χ4n) is 1.69. The third-order valence-electron chi connectivity index (χ3n) is 2.66. The van der Waals surface area contributed by atoms with Crippen molar-refractivity contribution in [2.75, 3.05) is 12.4 Å². The molecule has 0 radical (unpaired) electrons. The Morgan fingerprint density at radius 3 is 2.95 bits per heavy atom. The van der Waals surface area contributed by atoms with Gasteiger partial charge in [0, 0.05) is 30.9 Å². The second-order valence-electron chi connectivity index (χ2n) is 4.32. The summed E-state index contributed by atoms with van der Waals surface area (Å²) in [7, 11) is 1.78. The third-order valence-corrected chi connectivity index (χ3v) is 3.52. The molecule has 1 amide bonds. The van der Waals surface area contributed by atoms with Gasteiger partial charge in [-0.1, -0.05) is 0 Å². The van der Waals surface area contributed by atoms with Crippen molar-refractivity contribution in [3.05, 3.63) is 29.3 Å². The van der Waals surface area contributed by atoms with Crippen LogP contribution < -0.4 is 10.6 Å². The highest BCUT2D eigenvalue weighted by Crippen LogP contribution is 2.14. The monoisotopic (exact) mass is 279 g/mol. The summed E-state index contributed by atoms with van der Waals surface area (Å²) in [4.78, 5) is 20.3. The maximum Gasteiger partial charge on any atom is 0.271 e. The Morgan fingerprint density at radius 1 is 1.53 bits per heavy atom. The molecule has 0 atom stereocenters. The van der Waals surface area contributed by atoms with Crippen LogP contribution in [-0.4, -0.2) is 27.5 Å². The normalized spacial score (nSPS) is 10.7. The molecule has 2 heterocycles. The molecule has 0 saturated carbocycles. The number of amides is 1. The summed E-state index contributed by atoms with van der Waals surface area (Å²) < 4.78 is 2.03. The first-order valence-electron chi connectivity index (χ1n) is 6.05. The lowest BCUT2D eigenvalue weighted by Crippen LogP contribution is -2.25. The fourth-order valence-corrected chi connectivity index (χ4v) is 2.35. The highest BCUT2D eigenvalue weighted by molar-refractivity contribution is 7.13. The van der Waals surface area contributed by atoms with E-state index in [0.717, 1.165) is 11.0 Å². The zero-order chi connectivity index (χ0) is 13.8. The van der Waals surface area contributed by atoms with Gasteiger partial charge in [-0.3, -0.25) is 4.79 Å². The van der Waals surface area contributed by atoms with Crippen LogP contribution in [0.25, 0.3) is 0 Å². The average Bonchev–Trinajstić information content (AvgIpc) is 3.04. The smallest absolute Gasteiger partial charge is 0.271 e. The van der Waals surface area contributed by atoms with E-state index in [9.17, 15) is 4.79 Å². The van der Waals surface area contributed by atoms with Gasteiger partial charge in [-0.2, -0.15) is 0 Å². The van der Waals surface area contributed by atoms with E-state index in [1.807, 2.05) is 10.8 Å². The zero-order valence-electron chi connectivity index (χ0n) is 11.2. The Balaban J connectivity index is 1.98. The maximum atomic E-state index is 11.9. The van der Waals surface area contributed by atoms with Gasteiger partial charge < -0.3 is 15.2 Å². The quantitative estimate of drug-likeness (QED) is 0.876. The number of hydrogen-bond donors (Lipinski definition) is 2. The summed E-state index contributed by atoms with van der Waals surface area (Å²) in [5.74, 6) is 0.656. The first kappa shape index (κ1) is 13.5. The van der Waals surface area contributed by atoms with Crippen LogP contribution >= 0.6 is 11.3 Å². The summed E-state index contributed by atoms with van der Waals surface area (Å²) in [5.41, 5.74) is 0.428. The number of hydrogen-bond acceptors (Lipinski definition) is 5. The molecule has 2 aromatic rings. The van der Waals surface area contributed by atoms with Crippen LogP contribution in [-0.2, 0) is 6.54 Å². The van der Waals surface area contributed by atoms with Gasteiger partial charge in [0.25, 0.3) is 5.91 Å². The van der Waals surface area contributed by atoms with Crippen molar-refractivity contribution in [1.82, 2.24) is 19.9 Å². The molecule has 0 bridgehead atoms. The topological polar surface area (TPSA) is 71.8 Å².